The topological polar surface area (TPSA) is 24.5 Å². The summed E-state index contributed by atoms with van der Waals surface area (Å²) in [5.74, 6) is 2.52. The highest BCUT2D eigenvalue weighted by atomic mass is 16.5. The lowest BCUT2D eigenvalue weighted by Crippen LogP contribution is -2.51. The fraction of sp³-hybridized carbons (Fsp3) is 1.00. The number of ether oxygens (including phenoxy) is 1. The molecule has 3 nitrogen and oxygen atoms in total. The maximum absolute atomic E-state index is 5.86. The minimum absolute atomic E-state index is 0.471. The second-order valence-corrected chi connectivity index (χ2v) is 7.36. The largest absolute Gasteiger partial charge is 0.377 e. The van der Waals surface area contributed by atoms with Gasteiger partial charge < -0.3 is 15.0 Å². The molecule has 2 rings (SSSR count). The second-order valence-electron chi connectivity index (χ2n) is 7.36. The predicted octanol–water partition coefficient (Wildman–Crippen LogP) is 3.15. The smallest absolute Gasteiger partial charge is 0.0702 e. The molecule has 5 unspecified atom stereocenters. The second kappa shape index (κ2) is 8.50. The van der Waals surface area contributed by atoms with E-state index in [1.165, 1.54) is 38.8 Å². The third kappa shape index (κ3) is 4.94. The van der Waals surface area contributed by atoms with E-state index in [2.05, 4.69) is 37.9 Å². The lowest BCUT2D eigenvalue weighted by Gasteiger charge is -2.44. The van der Waals surface area contributed by atoms with Crippen LogP contribution in [0.1, 0.15) is 53.4 Å². The first-order valence-corrected chi connectivity index (χ1v) is 9.21. The Hall–Kier alpha value is -0.120. The molecule has 1 saturated heterocycles. The van der Waals surface area contributed by atoms with Crippen LogP contribution >= 0.6 is 0 Å². The van der Waals surface area contributed by atoms with Gasteiger partial charge in [-0.05, 0) is 63.5 Å². The van der Waals surface area contributed by atoms with Gasteiger partial charge in [-0.25, -0.2) is 0 Å². The van der Waals surface area contributed by atoms with Crippen molar-refractivity contribution in [3.8, 4) is 0 Å². The summed E-state index contributed by atoms with van der Waals surface area (Å²) in [7, 11) is 0. The molecule has 1 aliphatic heterocycles. The Labute approximate surface area is 131 Å². The summed E-state index contributed by atoms with van der Waals surface area (Å²) in [6, 6.07) is 0.709. The van der Waals surface area contributed by atoms with Gasteiger partial charge in [0.1, 0.15) is 0 Å². The first kappa shape index (κ1) is 17.2. The Morgan fingerprint density at radius 1 is 1.19 bits per heavy atom. The van der Waals surface area contributed by atoms with E-state index in [0.29, 0.717) is 12.1 Å². The zero-order chi connectivity index (χ0) is 15.2. The standard InChI is InChI=1S/C18H36N2O/c1-5-19-18-11-14(3)10-15(4)17(18)13-20-9-7-8-16(12-20)21-6-2/h14-19H,5-13H2,1-4H3. The van der Waals surface area contributed by atoms with Crippen LogP contribution in [-0.2, 0) is 4.74 Å². The van der Waals surface area contributed by atoms with Crippen molar-refractivity contribution < 1.29 is 4.74 Å². The summed E-state index contributed by atoms with van der Waals surface area (Å²) in [5.41, 5.74) is 0. The quantitative estimate of drug-likeness (QED) is 0.815. The molecule has 124 valence electrons. The Bertz CT molecular complexity index is 295. The summed E-state index contributed by atoms with van der Waals surface area (Å²) in [4.78, 5) is 2.67. The fourth-order valence-electron chi connectivity index (χ4n) is 4.56. The van der Waals surface area contributed by atoms with Gasteiger partial charge in [0.05, 0.1) is 6.10 Å². The van der Waals surface area contributed by atoms with Crippen LogP contribution in [0.5, 0.6) is 0 Å². The zero-order valence-electron chi connectivity index (χ0n) is 14.6. The zero-order valence-corrected chi connectivity index (χ0v) is 14.6. The molecule has 0 radical (unpaired) electrons. The highest BCUT2D eigenvalue weighted by Gasteiger charge is 2.35. The average Bonchev–Trinajstić information content (AvgIpc) is 2.44. The molecule has 0 aromatic rings. The van der Waals surface area contributed by atoms with Gasteiger partial charge in [-0.15, -0.1) is 0 Å². The number of hydrogen-bond acceptors (Lipinski definition) is 3. The Kier molecular flexibility index (Phi) is 6.97. The Balaban J connectivity index is 1.91. The van der Waals surface area contributed by atoms with Crippen LogP contribution in [0.15, 0.2) is 0 Å². The van der Waals surface area contributed by atoms with E-state index in [1.807, 2.05) is 0 Å². The van der Waals surface area contributed by atoms with E-state index < -0.39 is 0 Å². The summed E-state index contributed by atoms with van der Waals surface area (Å²) >= 11 is 0. The van der Waals surface area contributed by atoms with E-state index >= 15 is 0 Å². The summed E-state index contributed by atoms with van der Waals surface area (Å²) in [5, 5.41) is 3.76. The summed E-state index contributed by atoms with van der Waals surface area (Å²) < 4.78 is 5.86. The van der Waals surface area contributed by atoms with Crippen molar-refractivity contribution in [3.63, 3.8) is 0 Å². The molecule has 5 atom stereocenters. The van der Waals surface area contributed by atoms with Gasteiger partial charge in [-0.1, -0.05) is 20.8 Å². The third-order valence-corrected chi connectivity index (χ3v) is 5.48. The molecule has 1 N–H and O–H groups in total. The van der Waals surface area contributed by atoms with E-state index in [9.17, 15) is 0 Å². The lowest BCUT2D eigenvalue weighted by atomic mass is 9.72. The molecule has 1 aliphatic carbocycles. The molecule has 0 spiro atoms. The minimum atomic E-state index is 0.471. The fourth-order valence-corrected chi connectivity index (χ4v) is 4.56. The normalized spacial score (nSPS) is 38.6. The SMILES string of the molecule is CCNC1CC(C)CC(C)C1CN1CCCC(OCC)C1. The van der Waals surface area contributed by atoms with Crippen LogP contribution in [0.25, 0.3) is 0 Å². The minimum Gasteiger partial charge on any atom is -0.377 e. The van der Waals surface area contributed by atoms with Crippen molar-refractivity contribution in [3.05, 3.63) is 0 Å². The molecule has 21 heavy (non-hydrogen) atoms. The van der Waals surface area contributed by atoms with Crippen LogP contribution in [-0.4, -0.2) is 49.8 Å². The highest BCUT2D eigenvalue weighted by molar-refractivity contribution is 4.90. The molecule has 1 saturated carbocycles. The average molecular weight is 296 g/mol. The third-order valence-electron chi connectivity index (χ3n) is 5.48. The van der Waals surface area contributed by atoms with Crippen LogP contribution in [0, 0.1) is 17.8 Å². The maximum Gasteiger partial charge on any atom is 0.0702 e. The molecule has 1 heterocycles. The predicted molar refractivity (Wildman–Crippen MR) is 89.6 cm³/mol. The van der Waals surface area contributed by atoms with E-state index in [0.717, 1.165) is 37.5 Å². The van der Waals surface area contributed by atoms with Crippen molar-refractivity contribution in [2.75, 3.05) is 32.8 Å². The monoisotopic (exact) mass is 296 g/mol. The Morgan fingerprint density at radius 3 is 2.71 bits per heavy atom. The van der Waals surface area contributed by atoms with Crippen LogP contribution < -0.4 is 5.32 Å². The van der Waals surface area contributed by atoms with Crippen molar-refractivity contribution in [1.29, 1.82) is 0 Å². The molecular weight excluding hydrogens is 260 g/mol. The van der Waals surface area contributed by atoms with Gasteiger partial charge in [0.15, 0.2) is 0 Å². The van der Waals surface area contributed by atoms with Gasteiger partial charge in [0, 0.05) is 25.7 Å². The maximum atomic E-state index is 5.86. The first-order valence-electron chi connectivity index (χ1n) is 9.21. The van der Waals surface area contributed by atoms with Crippen molar-refractivity contribution in [2.24, 2.45) is 17.8 Å². The molecule has 0 bridgehead atoms. The first-order chi connectivity index (χ1) is 10.1. The van der Waals surface area contributed by atoms with Crippen LogP contribution in [0.2, 0.25) is 0 Å². The van der Waals surface area contributed by atoms with E-state index in [-0.39, 0.29) is 0 Å². The number of hydrogen-bond donors (Lipinski definition) is 1. The van der Waals surface area contributed by atoms with Crippen molar-refractivity contribution >= 4 is 0 Å². The highest BCUT2D eigenvalue weighted by Crippen LogP contribution is 2.34. The summed E-state index contributed by atoms with van der Waals surface area (Å²) in [6.07, 6.45) is 5.77. The van der Waals surface area contributed by atoms with E-state index in [1.54, 1.807) is 0 Å². The molecule has 2 aliphatic rings. The number of piperidine rings is 1. The number of nitrogens with one attached hydrogen (secondary N) is 1. The molecule has 0 amide bonds. The number of likely N-dealkylation sites (tertiary alicyclic amines) is 1. The van der Waals surface area contributed by atoms with Crippen LogP contribution in [0.4, 0.5) is 0 Å². The molecule has 2 fully saturated rings. The molecular formula is C18H36N2O. The number of rotatable bonds is 6. The van der Waals surface area contributed by atoms with Crippen molar-refractivity contribution in [1.82, 2.24) is 10.2 Å². The number of nitrogens with zero attached hydrogens (tertiary/aromatic N) is 1. The summed E-state index contributed by atoms with van der Waals surface area (Å²) in [6.45, 7) is 14.9. The molecule has 0 aromatic carbocycles. The van der Waals surface area contributed by atoms with Crippen molar-refractivity contribution in [2.45, 2.75) is 65.5 Å². The molecule has 3 heteroatoms. The van der Waals surface area contributed by atoms with Gasteiger partial charge in [0.25, 0.3) is 0 Å². The van der Waals surface area contributed by atoms with Gasteiger partial charge in [-0.3, -0.25) is 0 Å². The Morgan fingerprint density at radius 2 is 2.00 bits per heavy atom. The molecule has 0 aromatic heterocycles. The lowest BCUT2D eigenvalue weighted by molar-refractivity contribution is -0.00718. The van der Waals surface area contributed by atoms with Gasteiger partial charge >= 0.3 is 0 Å². The van der Waals surface area contributed by atoms with Crippen LogP contribution in [0.3, 0.4) is 0 Å². The van der Waals surface area contributed by atoms with Gasteiger partial charge in [0.2, 0.25) is 0 Å². The van der Waals surface area contributed by atoms with E-state index in [4.69, 9.17) is 4.74 Å². The van der Waals surface area contributed by atoms with Gasteiger partial charge in [-0.2, -0.15) is 0 Å².